The molecular weight excluding hydrogens is 404 g/mol. The highest BCUT2D eigenvalue weighted by molar-refractivity contribution is 7.80. The maximum Gasteiger partial charge on any atom is 0.232 e. The summed E-state index contributed by atoms with van der Waals surface area (Å²) < 4.78 is 0. The van der Waals surface area contributed by atoms with Crippen molar-refractivity contribution in [2.75, 3.05) is 41.3 Å². The van der Waals surface area contributed by atoms with Crippen LogP contribution in [0.25, 0.3) is 0 Å². The lowest BCUT2D eigenvalue weighted by Crippen LogP contribution is -2.36. The first-order valence-corrected chi connectivity index (χ1v) is 12.0. The number of hydrogen-bond acceptors (Lipinski definition) is 5. The number of rotatable bonds is 5. The average Bonchev–Trinajstić information content (AvgIpc) is 2.80. The minimum Gasteiger partial charge on any atom is -0.356 e. The molecule has 2 fully saturated rings. The summed E-state index contributed by atoms with van der Waals surface area (Å²) >= 11 is 5.60. The zero-order chi connectivity index (χ0) is 21.6. The number of hydrogen-bond donors (Lipinski definition) is 2. The Bertz CT molecular complexity index is 860. The smallest absolute Gasteiger partial charge is 0.232 e. The van der Waals surface area contributed by atoms with Gasteiger partial charge in [-0.2, -0.15) is 9.97 Å². The SMILES string of the molecule is CC1CCN(c2cc(N3CCCCC3)nc(NC(=S)N[C@@H](C)c3ccccc3)n2)CC1. The fraction of sp³-hybridized carbons (Fsp3) is 0.542. The summed E-state index contributed by atoms with van der Waals surface area (Å²) in [6, 6.07) is 12.6. The number of nitrogens with zero attached hydrogens (tertiary/aromatic N) is 4. The minimum atomic E-state index is 0.106. The van der Waals surface area contributed by atoms with Crippen LogP contribution in [-0.4, -0.2) is 41.3 Å². The zero-order valence-electron chi connectivity index (χ0n) is 18.7. The van der Waals surface area contributed by atoms with Gasteiger partial charge >= 0.3 is 0 Å². The summed E-state index contributed by atoms with van der Waals surface area (Å²) in [4.78, 5) is 14.5. The highest BCUT2D eigenvalue weighted by Gasteiger charge is 2.21. The minimum absolute atomic E-state index is 0.106. The molecule has 0 bridgehead atoms. The van der Waals surface area contributed by atoms with E-state index in [-0.39, 0.29) is 6.04 Å². The lowest BCUT2D eigenvalue weighted by atomic mass is 9.99. The molecule has 0 aliphatic carbocycles. The molecule has 0 amide bonds. The van der Waals surface area contributed by atoms with Gasteiger partial charge in [-0.15, -0.1) is 0 Å². The molecule has 0 unspecified atom stereocenters. The molecule has 0 radical (unpaired) electrons. The number of benzene rings is 1. The first kappa shape index (κ1) is 21.8. The molecule has 1 atom stereocenters. The first-order valence-electron chi connectivity index (χ1n) is 11.6. The van der Waals surface area contributed by atoms with E-state index in [4.69, 9.17) is 22.2 Å². The van der Waals surface area contributed by atoms with Gasteiger partial charge in [-0.1, -0.05) is 37.3 Å². The lowest BCUT2D eigenvalue weighted by Gasteiger charge is -2.33. The van der Waals surface area contributed by atoms with Crippen molar-refractivity contribution < 1.29 is 0 Å². The van der Waals surface area contributed by atoms with Crippen molar-refractivity contribution in [2.24, 2.45) is 5.92 Å². The molecule has 6 nitrogen and oxygen atoms in total. The van der Waals surface area contributed by atoms with Crippen molar-refractivity contribution in [3.8, 4) is 0 Å². The molecule has 2 saturated heterocycles. The van der Waals surface area contributed by atoms with Crippen molar-refractivity contribution in [2.45, 2.75) is 52.0 Å². The largest absolute Gasteiger partial charge is 0.356 e. The molecule has 4 rings (SSSR count). The second kappa shape index (κ2) is 10.3. The van der Waals surface area contributed by atoms with Gasteiger partial charge in [-0.05, 0) is 62.7 Å². The van der Waals surface area contributed by atoms with Crippen molar-refractivity contribution in [3.63, 3.8) is 0 Å². The number of piperidine rings is 2. The van der Waals surface area contributed by atoms with E-state index >= 15 is 0 Å². The van der Waals surface area contributed by atoms with Crippen LogP contribution in [0.2, 0.25) is 0 Å². The van der Waals surface area contributed by atoms with Crippen LogP contribution in [0.4, 0.5) is 17.6 Å². The van der Waals surface area contributed by atoms with E-state index < -0.39 is 0 Å². The lowest BCUT2D eigenvalue weighted by molar-refractivity contribution is 0.436. The van der Waals surface area contributed by atoms with Crippen LogP contribution in [0.15, 0.2) is 36.4 Å². The summed E-state index contributed by atoms with van der Waals surface area (Å²) in [6.45, 7) is 8.65. The Morgan fingerprint density at radius 2 is 1.58 bits per heavy atom. The van der Waals surface area contributed by atoms with Gasteiger partial charge in [0.25, 0.3) is 0 Å². The van der Waals surface area contributed by atoms with Gasteiger partial charge in [-0.25, -0.2) is 0 Å². The Morgan fingerprint density at radius 1 is 0.968 bits per heavy atom. The van der Waals surface area contributed by atoms with Crippen LogP contribution >= 0.6 is 12.2 Å². The van der Waals surface area contributed by atoms with Gasteiger partial charge in [0.15, 0.2) is 5.11 Å². The van der Waals surface area contributed by atoms with Crippen LogP contribution in [-0.2, 0) is 0 Å². The number of nitrogens with one attached hydrogen (secondary N) is 2. The van der Waals surface area contributed by atoms with Gasteiger partial charge in [0.2, 0.25) is 5.95 Å². The highest BCUT2D eigenvalue weighted by atomic mass is 32.1. The van der Waals surface area contributed by atoms with E-state index in [0.29, 0.717) is 11.1 Å². The van der Waals surface area contributed by atoms with Gasteiger partial charge in [0.1, 0.15) is 11.6 Å². The quantitative estimate of drug-likeness (QED) is 0.653. The van der Waals surface area contributed by atoms with E-state index in [1.807, 2.05) is 18.2 Å². The fourth-order valence-electron chi connectivity index (χ4n) is 4.32. The predicted octanol–water partition coefficient (Wildman–Crippen LogP) is 4.75. The topological polar surface area (TPSA) is 56.3 Å². The van der Waals surface area contributed by atoms with E-state index in [1.165, 1.54) is 37.7 Å². The van der Waals surface area contributed by atoms with Gasteiger partial charge in [0.05, 0.1) is 6.04 Å². The Hall–Kier alpha value is -2.41. The van der Waals surface area contributed by atoms with E-state index in [2.05, 4.69) is 52.5 Å². The van der Waals surface area contributed by atoms with E-state index in [9.17, 15) is 0 Å². The third-order valence-corrected chi connectivity index (χ3v) is 6.58. The second-order valence-electron chi connectivity index (χ2n) is 8.86. The molecule has 3 heterocycles. The summed E-state index contributed by atoms with van der Waals surface area (Å²) in [5.41, 5.74) is 1.19. The number of thiocarbonyl (C=S) groups is 1. The molecule has 31 heavy (non-hydrogen) atoms. The van der Waals surface area contributed by atoms with E-state index in [0.717, 1.165) is 43.7 Å². The maximum absolute atomic E-state index is 5.60. The summed E-state index contributed by atoms with van der Waals surface area (Å²) in [5, 5.41) is 7.16. The standard InChI is InChI=1S/C24H34N6S/c1-18-11-15-30(16-12-18)22-17-21(29-13-7-4-8-14-29)26-23(27-22)28-24(31)25-19(2)20-9-5-3-6-10-20/h3,5-6,9-10,17-19H,4,7-8,11-16H2,1-2H3,(H2,25,26,27,28,31)/t19-/m0/s1. The third kappa shape index (κ3) is 5.85. The average molecular weight is 439 g/mol. The van der Waals surface area contributed by atoms with E-state index in [1.54, 1.807) is 0 Å². The molecule has 7 heteroatoms. The Labute approximate surface area is 191 Å². The van der Waals surface area contributed by atoms with Gasteiger partial charge in [-0.3, -0.25) is 0 Å². The van der Waals surface area contributed by atoms with Crippen molar-refractivity contribution >= 4 is 34.9 Å². The molecule has 1 aromatic heterocycles. The molecule has 2 N–H and O–H groups in total. The number of anilines is 3. The first-order chi connectivity index (χ1) is 15.1. The molecular formula is C24H34N6S. The summed E-state index contributed by atoms with van der Waals surface area (Å²) in [5.74, 6) is 3.37. The number of aromatic nitrogens is 2. The zero-order valence-corrected chi connectivity index (χ0v) is 19.5. The van der Waals surface area contributed by atoms with Crippen LogP contribution in [0.3, 0.4) is 0 Å². The Balaban J connectivity index is 1.51. The molecule has 0 saturated carbocycles. The normalized spacial score (nSPS) is 18.5. The van der Waals surface area contributed by atoms with Crippen molar-refractivity contribution in [3.05, 3.63) is 42.0 Å². The summed E-state index contributed by atoms with van der Waals surface area (Å²) in [6.07, 6.45) is 6.16. The van der Waals surface area contributed by atoms with Gasteiger partial charge in [0, 0.05) is 32.2 Å². The fourth-order valence-corrected chi connectivity index (χ4v) is 4.59. The highest BCUT2D eigenvalue weighted by Crippen LogP contribution is 2.27. The van der Waals surface area contributed by atoms with Crippen LogP contribution < -0.4 is 20.4 Å². The Kier molecular flexibility index (Phi) is 7.22. The molecule has 2 aliphatic heterocycles. The van der Waals surface area contributed by atoms with Crippen molar-refractivity contribution in [1.82, 2.24) is 15.3 Å². The maximum atomic E-state index is 5.60. The van der Waals surface area contributed by atoms with Crippen molar-refractivity contribution in [1.29, 1.82) is 0 Å². The molecule has 1 aromatic carbocycles. The summed E-state index contributed by atoms with van der Waals surface area (Å²) in [7, 11) is 0. The Morgan fingerprint density at radius 3 is 2.23 bits per heavy atom. The van der Waals surface area contributed by atoms with Gasteiger partial charge < -0.3 is 20.4 Å². The predicted molar refractivity (Wildman–Crippen MR) is 133 cm³/mol. The van der Waals surface area contributed by atoms with Crippen LogP contribution in [0, 0.1) is 5.92 Å². The second-order valence-corrected chi connectivity index (χ2v) is 9.26. The monoisotopic (exact) mass is 438 g/mol. The molecule has 2 aromatic rings. The molecule has 0 spiro atoms. The molecule has 166 valence electrons. The molecule has 2 aliphatic rings. The van der Waals surface area contributed by atoms with Crippen LogP contribution in [0.1, 0.15) is 57.6 Å². The third-order valence-electron chi connectivity index (χ3n) is 6.36. The van der Waals surface area contributed by atoms with Crippen LogP contribution in [0.5, 0.6) is 0 Å².